The van der Waals surface area contributed by atoms with Crippen molar-refractivity contribution in [2.24, 2.45) is 4.99 Å². The molecule has 3 aliphatic rings. The zero-order chi connectivity index (χ0) is 20.7. The highest BCUT2D eigenvalue weighted by Crippen LogP contribution is 2.38. The van der Waals surface area contributed by atoms with Crippen LogP contribution < -0.4 is 5.32 Å². The van der Waals surface area contributed by atoms with Gasteiger partial charge in [-0.25, -0.2) is 13.4 Å². The molecule has 7 heteroatoms. The van der Waals surface area contributed by atoms with Gasteiger partial charge < -0.3 is 10.2 Å². The number of aliphatic imine (C=N–C) groups is 1. The Hall–Kier alpha value is -2.93. The molecule has 1 aliphatic carbocycles. The summed E-state index contributed by atoms with van der Waals surface area (Å²) in [5, 5.41) is 12.2. The van der Waals surface area contributed by atoms with Crippen LogP contribution in [0.1, 0.15) is 32.1 Å². The molecule has 0 radical (unpaired) electrons. The van der Waals surface area contributed by atoms with E-state index in [0.717, 1.165) is 37.1 Å². The highest BCUT2D eigenvalue weighted by molar-refractivity contribution is 7.96. The van der Waals surface area contributed by atoms with Crippen LogP contribution in [-0.4, -0.2) is 37.5 Å². The van der Waals surface area contributed by atoms with Gasteiger partial charge >= 0.3 is 0 Å². The van der Waals surface area contributed by atoms with E-state index < -0.39 is 9.84 Å². The molecule has 2 aromatic rings. The van der Waals surface area contributed by atoms with Gasteiger partial charge in [0.1, 0.15) is 10.7 Å². The molecular formula is C23H24N4O2S. The molecule has 2 N–H and O–H groups in total. The predicted octanol–water partition coefficient (Wildman–Crippen LogP) is 4.50. The van der Waals surface area contributed by atoms with Gasteiger partial charge in [0.2, 0.25) is 9.84 Å². The fraction of sp³-hybridized carbons (Fsp3) is 0.304. The smallest absolute Gasteiger partial charge is 0.212 e. The van der Waals surface area contributed by atoms with E-state index in [1.165, 1.54) is 6.42 Å². The lowest BCUT2D eigenvalue weighted by Crippen LogP contribution is -2.51. The topological polar surface area (TPSA) is 85.6 Å². The van der Waals surface area contributed by atoms with Crippen LogP contribution in [0.25, 0.3) is 0 Å². The highest BCUT2D eigenvalue weighted by Gasteiger charge is 2.41. The van der Waals surface area contributed by atoms with E-state index in [-0.39, 0.29) is 21.7 Å². The molecule has 0 amide bonds. The SMILES string of the molecule is N=C1C(S(=O)(=O)c2ccccc2)=C2Nc3ccccc3N=C2CN1C1CCCCC1. The molecule has 0 aromatic heterocycles. The number of anilines is 1. The van der Waals surface area contributed by atoms with E-state index in [1.54, 1.807) is 30.3 Å². The van der Waals surface area contributed by atoms with E-state index in [1.807, 2.05) is 29.2 Å². The summed E-state index contributed by atoms with van der Waals surface area (Å²) in [6.45, 7) is 0.452. The molecule has 5 rings (SSSR count). The Balaban J connectivity index is 1.68. The number of hydrogen-bond donors (Lipinski definition) is 2. The number of fused-ring (bicyclic) bond motifs is 2. The first-order valence-corrected chi connectivity index (χ1v) is 11.9. The van der Waals surface area contributed by atoms with E-state index in [9.17, 15) is 8.42 Å². The third-order valence-electron chi connectivity index (χ3n) is 6.09. The minimum atomic E-state index is -3.89. The zero-order valence-corrected chi connectivity index (χ0v) is 17.5. The second kappa shape index (κ2) is 7.40. The van der Waals surface area contributed by atoms with Crippen LogP contribution >= 0.6 is 0 Å². The molecule has 1 fully saturated rings. The van der Waals surface area contributed by atoms with Gasteiger partial charge in [-0.2, -0.15) is 0 Å². The maximum Gasteiger partial charge on any atom is 0.212 e. The van der Waals surface area contributed by atoms with Gasteiger partial charge in [-0.15, -0.1) is 0 Å². The Morgan fingerprint density at radius 1 is 0.967 bits per heavy atom. The summed E-state index contributed by atoms with van der Waals surface area (Å²) < 4.78 is 27.3. The van der Waals surface area contributed by atoms with Gasteiger partial charge in [-0.1, -0.05) is 49.6 Å². The first-order chi connectivity index (χ1) is 14.6. The van der Waals surface area contributed by atoms with Crippen LogP contribution in [0, 0.1) is 5.41 Å². The lowest BCUT2D eigenvalue weighted by molar-refractivity contribution is 0.263. The van der Waals surface area contributed by atoms with Crippen molar-refractivity contribution in [3.8, 4) is 0 Å². The van der Waals surface area contributed by atoms with E-state index >= 15 is 0 Å². The van der Waals surface area contributed by atoms with Crippen molar-refractivity contribution in [3.63, 3.8) is 0 Å². The third-order valence-corrected chi connectivity index (χ3v) is 7.92. The lowest BCUT2D eigenvalue weighted by Gasteiger charge is -2.41. The number of rotatable bonds is 3. The van der Waals surface area contributed by atoms with Crippen molar-refractivity contribution in [2.45, 2.75) is 43.0 Å². The average Bonchev–Trinajstić information content (AvgIpc) is 2.78. The molecule has 154 valence electrons. The van der Waals surface area contributed by atoms with Crippen LogP contribution in [0.3, 0.4) is 0 Å². The van der Waals surface area contributed by atoms with E-state index in [4.69, 9.17) is 10.4 Å². The summed E-state index contributed by atoms with van der Waals surface area (Å²) in [7, 11) is -3.89. The summed E-state index contributed by atoms with van der Waals surface area (Å²) >= 11 is 0. The van der Waals surface area contributed by atoms with Crippen molar-refractivity contribution >= 4 is 32.8 Å². The number of nitrogens with one attached hydrogen (secondary N) is 2. The number of amidine groups is 1. The largest absolute Gasteiger partial charge is 0.351 e. The monoisotopic (exact) mass is 420 g/mol. The van der Waals surface area contributed by atoms with Crippen molar-refractivity contribution in [2.75, 3.05) is 11.9 Å². The molecule has 0 bridgehead atoms. The van der Waals surface area contributed by atoms with Crippen LogP contribution in [0.5, 0.6) is 0 Å². The normalized spacial score (nSPS) is 19.7. The number of sulfone groups is 1. The Labute approximate surface area is 176 Å². The standard InChI is InChI=1S/C23H24N4O2S/c24-23-22(30(28,29)17-11-5-2-6-12-17)21-20(15-27(23)16-9-3-1-4-10-16)25-18-13-7-8-14-19(18)26-21/h2,5-8,11-14,16,24,26H,1,3-4,9-10,15H2. The summed E-state index contributed by atoms with van der Waals surface area (Å²) in [5.41, 5.74) is 2.68. The molecule has 0 unspecified atom stereocenters. The Morgan fingerprint density at radius 2 is 1.67 bits per heavy atom. The molecule has 0 spiro atoms. The third kappa shape index (κ3) is 3.13. The minimum Gasteiger partial charge on any atom is -0.351 e. The van der Waals surface area contributed by atoms with Gasteiger partial charge in [0.05, 0.1) is 34.2 Å². The Bertz CT molecular complexity index is 1160. The summed E-state index contributed by atoms with van der Waals surface area (Å²) in [4.78, 5) is 6.97. The molecule has 0 saturated heterocycles. The van der Waals surface area contributed by atoms with Crippen molar-refractivity contribution in [1.82, 2.24) is 4.90 Å². The van der Waals surface area contributed by atoms with E-state index in [0.29, 0.717) is 18.0 Å². The fourth-order valence-electron chi connectivity index (χ4n) is 4.56. The lowest BCUT2D eigenvalue weighted by atomic mass is 9.92. The summed E-state index contributed by atoms with van der Waals surface area (Å²) in [6, 6.07) is 16.2. The first-order valence-electron chi connectivity index (χ1n) is 10.4. The predicted molar refractivity (Wildman–Crippen MR) is 119 cm³/mol. The maximum atomic E-state index is 13.7. The van der Waals surface area contributed by atoms with Crippen LogP contribution in [0.4, 0.5) is 11.4 Å². The summed E-state index contributed by atoms with van der Waals surface area (Å²) in [5.74, 6) is 0.0755. The molecule has 6 nitrogen and oxygen atoms in total. The molecule has 2 heterocycles. The first kappa shape index (κ1) is 19.1. The quantitative estimate of drug-likeness (QED) is 0.766. The molecule has 2 aromatic carbocycles. The Morgan fingerprint density at radius 3 is 2.43 bits per heavy atom. The number of hydrogen-bond acceptors (Lipinski definition) is 5. The highest BCUT2D eigenvalue weighted by atomic mass is 32.2. The van der Waals surface area contributed by atoms with Crippen molar-refractivity contribution in [1.29, 1.82) is 5.41 Å². The summed E-state index contributed by atoms with van der Waals surface area (Å²) in [6.07, 6.45) is 5.38. The van der Waals surface area contributed by atoms with Crippen molar-refractivity contribution in [3.05, 3.63) is 65.2 Å². The fourth-order valence-corrected chi connectivity index (χ4v) is 6.12. The molecule has 2 aliphatic heterocycles. The van der Waals surface area contributed by atoms with Gasteiger partial charge in [0, 0.05) is 6.04 Å². The van der Waals surface area contributed by atoms with Crippen LogP contribution in [0.15, 0.2) is 75.1 Å². The minimum absolute atomic E-state index is 0.0266. The molecule has 0 atom stereocenters. The number of nitrogens with zero attached hydrogens (tertiary/aromatic N) is 2. The molecular weight excluding hydrogens is 396 g/mol. The van der Waals surface area contributed by atoms with Gasteiger partial charge in [0.15, 0.2) is 0 Å². The van der Waals surface area contributed by atoms with Gasteiger partial charge in [0.25, 0.3) is 0 Å². The Kier molecular flexibility index (Phi) is 4.70. The van der Waals surface area contributed by atoms with Crippen LogP contribution in [0.2, 0.25) is 0 Å². The maximum absolute atomic E-state index is 13.7. The van der Waals surface area contributed by atoms with E-state index in [2.05, 4.69) is 5.32 Å². The molecule has 30 heavy (non-hydrogen) atoms. The van der Waals surface area contributed by atoms with Crippen LogP contribution in [-0.2, 0) is 9.84 Å². The zero-order valence-electron chi connectivity index (χ0n) is 16.6. The van der Waals surface area contributed by atoms with Crippen molar-refractivity contribution < 1.29 is 8.42 Å². The molecule has 1 saturated carbocycles. The number of benzene rings is 2. The van der Waals surface area contributed by atoms with Gasteiger partial charge in [-0.3, -0.25) is 5.41 Å². The second-order valence-corrected chi connectivity index (χ2v) is 9.88. The second-order valence-electron chi connectivity index (χ2n) is 7.99. The average molecular weight is 421 g/mol. The van der Waals surface area contributed by atoms with Gasteiger partial charge in [-0.05, 0) is 37.1 Å². The number of para-hydroxylation sites is 2.